The molecule has 3 amide bonds. The molecule has 0 aliphatic rings. The van der Waals surface area contributed by atoms with Crippen molar-refractivity contribution in [2.75, 3.05) is 0 Å². The number of aromatic nitrogens is 6. The fourth-order valence-corrected chi connectivity index (χ4v) is 8.51. The summed E-state index contributed by atoms with van der Waals surface area (Å²) in [6, 6.07) is 34.2. The number of carbonyl (C=O) groups excluding carboxylic acids is 3. The molecule has 63 heavy (non-hydrogen) atoms. The van der Waals surface area contributed by atoms with E-state index < -0.39 is 0 Å². The third kappa shape index (κ3) is 7.16. The van der Waals surface area contributed by atoms with Crippen LogP contribution >= 0.6 is 0 Å². The smallest absolute Gasteiger partial charge is 0.270 e. The normalized spacial score (nSPS) is 11.5. The van der Waals surface area contributed by atoms with E-state index in [1.165, 1.54) is 0 Å². The molecular formula is C51H39N9O3. The van der Waals surface area contributed by atoms with Crippen molar-refractivity contribution in [2.45, 2.75) is 40.4 Å². The number of nitrogens with zero attached hydrogens (tertiary/aromatic N) is 6. The standard InChI is InChI=1S/C51H39N9O3/c1-28-37(25-55-49(61)40-19-16-34-13-10-31-7-4-22-52-43(31)46(34)58-40)29(2)39(27-57-51(63)42-21-18-36-15-12-33-9-6-24-54-45(33)48(36)60-42)30(3)38(28)26-56-50(62)41-20-17-35-14-11-32-8-5-23-53-44(32)47(35)59-41/h4-24H,25-27H2,1-3H3,(H,55,61)(H,56,62)(H,57,63). The molecule has 0 fully saturated rings. The highest BCUT2D eigenvalue weighted by Crippen LogP contribution is 2.29. The van der Waals surface area contributed by atoms with Crippen molar-refractivity contribution < 1.29 is 14.4 Å². The van der Waals surface area contributed by atoms with E-state index in [1.807, 2.05) is 112 Å². The summed E-state index contributed by atoms with van der Waals surface area (Å²) in [7, 11) is 0. The highest BCUT2D eigenvalue weighted by molar-refractivity contribution is 6.07. The molecule has 306 valence electrons. The molecule has 0 saturated heterocycles. The van der Waals surface area contributed by atoms with Gasteiger partial charge in [-0.25, -0.2) is 15.0 Å². The molecule has 0 aliphatic carbocycles. The van der Waals surface area contributed by atoms with E-state index in [0.29, 0.717) is 16.6 Å². The van der Waals surface area contributed by atoms with E-state index in [1.54, 1.807) is 36.8 Å². The van der Waals surface area contributed by atoms with Gasteiger partial charge in [0.15, 0.2) is 0 Å². The van der Waals surface area contributed by atoms with Crippen molar-refractivity contribution >= 4 is 83.1 Å². The Balaban J connectivity index is 0.959. The Hall–Kier alpha value is -8.25. The van der Waals surface area contributed by atoms with Crippen LogP contribution in [-0.2, 0) is 19.6 Å². The van der Waals surface area contributed by atoms with Crippen LogP contribution in [0, 0.1) is 20.8 Å². The summed E-state index contributed by atoms with van der Waals surface area (Å²) in [6.07, 6.45) is 5.15. The lowest BCUT2D eigenvalue weighted by atomic mass is 9.87. The van der Waals surface area contributed by atoms with Crippen molar-refractivity contribution in [3.63, 3.8) is 0 Å². The first-order valence-electron chi connectivity index (χ1n) is 20.6. The fraction of sp³-hybridized carbons (Fsp3) is 0.118. The van der Waals surface area contributed by atoms with E-state index >= 15 is 0 Å². The summed E-state index contributed by atoms with van der Waals surface area (Å²) in [5.74, 6) is -1.03. The van der Waals surface area contributed by atoms with Crippen LogP contribution in [0.1, 0.15) is 64.8 Å². The Bertz CT molecular complexity index is 3140. The van der Waals surface area contributed by atoms with Crippen molar-refractivity contribution in [3.05, 3.63) is 178 Å². The lowest BCUT2D eigenvalue weighted by Crippen LogP contribution is -2.29. The number of carbonyl (C=O) groups is 3. The first-order chi connectivity index (χ1) is 30.7. The third-order valence-corrected chi connectivity index (χ3v) is 12.0. The zero-order valence-corrected chi connectivity index (χ0v) is 34.7. The molecule has 0 unspecified atom stereocenters. The summed E-state index contributed by atoms with van der Waals surface area (Å²) in [5.41, 5.74) is 10.2. The minimum atomic E-state index is -0.345. The topological polar surface area (TPSA) is 165 Å². The molecule has 0 atom stereocenters. The predicted octanol–water partition coefficient (Wildman–Crippen LogP) is 8.69. The second kappa shape index (κ2) is 16.0. The van der Waals surface area contributed by atoms with Crippen molar-refractivity contribution in [1.29, 1.82) is 0 Å². The summed E-state index contributed by atoms with van der Waals surface area (Å²) >= 11 is 0. The molecule has 10 rings (SSSR count). The zero-order valence-electron chi connectivity index (χ0n) is 34.7. The van der Waals surface area contributed by atoms with E-state index in [9.17, 15) is 14.4 Å². The van der Waals surface area contributed by atoms with Gasteiger partial charge in [0.05, 0.1) is 33.1 Å². The molecular weight excluding hydrogens is 787 g/mol. The first kappa shape index (κ1) is 38.9. The van der Waals surface area contributed by atoms with Gasteiger partial charge < -0.3 is 16.0 Å². The van der Waals surface area contributed by atoms with Crippen LogP contribution in [0.4, 0.5) is 0 Å². The van der Waals surface area contributed by atoms with E-state index in [-0.39, 0.29) is 54.4 Å². The van der Waals surface area contributed by atoms with Crippen LogP contribution in [0.2, 0.25) is 0 Å². The molecule has 0 radical (unpaired) electrons. The lowest BCUT2D eigenvalue weighted by Gasteiger charge is -2.23. The summed E-state index contributed by atoms with van der Waals surface area (Å²) in [6.45, 7) is 6.48. The van der Waals surface area contributed by atoms with Gasteiger partial charge in [-0.3, -0.25) is 29.3 Å². The second-order valence-electron chi connectivity index (χ2n) is 15.6. The molecule has 12 nitrogen and oxygen atoms in total. The van der Waals surface area contributed by atoms with Gasteiger partial charge in [-0.2, -0.15) is 0 Å². The SMILES string of the molecule is Cc1c(CNC(=O)c2ccc3ccc4cccnc4c3n2)c(C)c(CNC(=O)c2ccc3ccc4cccnc4c3n2)c(C)c1CNC(=O)c1ccc2ccc3cccnc3c2n1. The zero-order chi connectivity index (χ0) is 43.2. The molecule has 0 aliphatic heterocycles. The Labute approximate surface area is 360 Å². The molecule has 6 heterocycles. The third-order valence-electron chi connectivity index (χ3n) is 12.0. The van der Waals surface area contributed by atoms with Gasteiger partial charge in [0.25, 0.3) is 17.7 Å². The minimum Gasteiger partial charge on any atom is -0.347 e. The number of pyridine rings is 6. The van der Waals surface area contributed by atoms with Gasteiger partial charge in [0.1, 0.15) is 17.1 Å². The lowest BCUT2D eigenvalue weighted by molar-refractivity contribution is 0.0939. The number of hydrogen-bond donors (Lipinski definition) is 3. The van der Waals surface area contributed by atoms with Gasteiger partial charge >= 0.3 is 0 Å². The van der Waals surface area contributed by atoms with Gasteiger partial charge in [-0.05, 0) is 90.6 Å². The van der Waals surface area contributed by atoms with Crippen molar-refractivity contribution in [2.24, 2.45) is 0 Å². The summed E-state index contributed by atoms with van der Waals surface area (Å²) < 4.78 is 0. The maximum atomic E-state index is 13.8. The first-order valence-corrected chi connectivity index (χ1v) is 20.6. The minimum absolute atomic E-state index is 0.171. The molecule has 3 N–H and O–H groups in total. The van der Waals surface area contributed by atoms with Crippen molar-refractivity contribution in [1.82, 2.24) is 45.9 Å². The monoisotopic (exact) mass is 825 g/mol. The van der Waals surface area contributed by atoms with E-state index in [4.69, 9.17) is 15.0 Å². The summed E-state index contributed by atoms with van der Waals surface area (Å²) in [5, 5.41) is 14.8. The largest absolute Gasteiger partial charge is 0.347 e. The molecule has 0 spiro atoms. The number of amides is 3. The Morgan fingerprint density at radius 2 is 0.619 bits per heavy atom. The second-order valence-corrected chi connectivity index (χ2v) is 15.6. The maximum Gasteiger partial charge on any atom is 0.270 e. The van der Waals surface area contributed by atoms with Crippen molar-refractivity contribution in [3.8, 4) is 0 Å². The Morgan fingerprint density at radius 1 is 0.365 bits per heavy atom. The Kier molecular flexibility index (Phi) is 9.87. The van der Waals surface area contributed by atoms with Crippen LogP contribution < -0.4 is 16.0 Å². The quantitative estimate of drug-likeness (QED) is 0.121. The average Bonchev–Trinajstić information content (AvgIpc) is 3.32. The molecule has 4 aromatic carbocycles. The number of hydrogen-bond acceptors (Lipinski definition) is 9. The molecule has 0 saturated carbocycles. The van der Waals surface area contributed by atoms with Crippen LogP contribution in [0.15, 0.2) is 128 Å². The van der Waals surface area contributed by atoms with E-state index in [2.05, 4.69) is 30.9 Å². The number of rotatable bonds is 9. The summed E-state index contributed by atoms with van der Waals surface area (Å²) in [4.78, 5) is 69.3. The van der Waals surface area contributed by atoms with Gasteiger partial charge in [-0.1, -0.05) is 72.8 Å². The molecule has 10 aromatic rings. The van der Waals surface area contributed by atoms with Gasteiger partial charge in [-0.15, -0.1) is 0 Å². The van der Waals surface area contributed by atoms with Gasteiger partial charge in [0, 0.05) is 70.5 Å². The van der Waals surface area contributed by atoms with Crippen LogP contribution in [-0.4, -0.2) is 47.6 Å². The highest BCUT2D eigenvalue weighted by Gasteiger charge is 2.21. The number of benzene rings is 4. The fourth-order valence-electron chi connectivity index (χ4n) is 8.51. The van der Waals surface area contributed by atoms with Crippen LogP contribution in [0.5, 0.6) is 0 Å². The maximum absolute atomic E-state index is 13.8. The average molecular weight is 826 g/mol. The number of nitrogens with one attached hydrogen (secondary N) is 3. The molecule has 6 aromatic heterocycles. The van der Waals surface area contributed by atoms with E-state index in [0.717, 1.165) is 82.2 Å². The van der Waals surface area contributed by atoms with Gasteiger partial charge in [0.2, 0.25) is 0 Å². The molecule has 12 heteroatoms. The molecule has 0 bridgehead atoms. The Morgan fingerprint density at radius 3 is 0.905 bits per heavy atom. The predicted molar refractivity (Wildman–Crippen MR) is 245 cm³/mol. The number of fused-ring (bicyclic) bond motifs is 9. The highest BCUT2D eigenvalue weighted by atomic mass is 16.2. The van der Waals surface area contributed by atoms with Crippen LogP contribution in [0.25, 0.3) is 65.4 Å². The van der Waals surface area contributed by atoms with Crippen LogP contribution in [0.3, 0.4) is 0 Å².